The number of nitrogens with zero attached hydrogens (tertiary/aromatic N) is 1. The number of benzene rings is 1. The van der Waals surface area contributed by atoms with Crippen LogP contribution in [0, 0.1) is 0 Å². The Balaban J connectivity index is 2.22. The number of halogens is 1. The Morgan fingerprint density at radius 1 is 1.44 bits per heavy atom. The van der Waals surface area contributed by atoms with Crippen LogP contribution in [0.1, 0.15) is 10.4 Å². The van der Waals surface area contributed by atoms with Gasteiger partial charge in [0.25, 0.3) is 0 Å². The summed E-state index contributed by atoms with van der Waals surface area (Å²) in [5, 5.41) is 14.2. The van der Waals surface area contributed by atoms with Crippen LogP contribution < -0.4 is 10.5 Å². The third-order valence-electron chi connectivity index (χ3n) is 2.28. The molecule has 1 aromatic carbocycles. The van der Waals surface area contributed by atoms with Gasteiger partial charge in [0, 0.05) is 9.90 Å². The second-order valence-corrected chi connectivity index (χ2v) is 4.96. The lowest BCUT2D eigenvalue weighted by molar-refractivity contribution is 0.306. The Kier molecular flexibility index (Phi) is 4.07. The fourth-order valence-corrected chi connectivity index (χ4v) is 2.20. The molecule has 0 aliphatic heterocycles. The molecule has 1 heterocycles. The third-order valence-corrected chi connectivity index (χ3v) is 3.36. The van der Waals surface area contributed by atoms with Crippen molar-refractivity contribution in [1.82, 2.24) is 0 Å². The Bertz CT molecular complexity index is 555. The smallest absolute Gasteiger partial charge is 0.173 e. The van der Waals surface area contributed by atoms with Crippen LogP contribution >= 0.6 is 22.9 Å². The number of oxime groups is 1. The zero-order valence-electron chi connectivity index (χ0n) is 9.34. The minimum atomic E-state index is -0.00662. The summed E-state index contributed by atoms with van der Waals surface area (Å²) in [7, 11) is 0. The van der Waals surface area contributed by atoms with E-state index in [9.17, 15) is 0 Å². The quantitative estimate of drug-likeness (QED) is 0.392. The van der Waals surface area contributed by atoms with Crippen molar-refractivity contribution in [3.63, 3.8) is 0 Å². The summed E-state index contributed by atoms with van der Waals surface area (Å²) in [6.45, 7) is 0.420. The molecule has 2 aromatic rings. The monoisotopic (exact) mass is 282 g/mol. The van der Waals surface area contributed by atoms with Gasteiger partial charge in [0.1, 0.15) is 12.4 Å². The number of amidine groups is 1. The molecule has 0 spiro atoms. The van der Waals surface area contributed by atoms with Gasteiger partial charge in [-0.05, 0) is 29.6 Å². The Morgan fingerprint density at radius 3 is 2.94 bits per heavy atom. The number of nitrogens with two attached hydrogens (primary N) is 1. The maximum Gasteiger partial charge on any atom is 0.173 e. The van der Waals surface area contributed by atoms with Gasteiger partial charge in [0.05, 0.1) is 5.56 Å². The van der Waals surface area contributed by atoms with E-state index in [4.69, 9.17) is 27.3 Å². The minimum Gasteiger partial charge on any atom is -0.487 e. The van der Waals surface area contributed by atoms with Crippen LogP contribution in [0.25, 0.3) is 0 Å². The molecule has 0 aliphatic carbocycles. The number of hydrogen-bond acceptors (Lipinski definition) is 4. The highest BCUT2D eigenvalue weighted by Gasteiger charge is 2.09. The Labute approximate surface area is 113 Å². The first-order chi connectivity index (χ1) is 8.70. The van der Waals surface area contributed by atoms with E-state index >= 15 is 0 Å². The molecule has 0 unspecified atom stereocenters. The average Bonchev–Trinajstić information content (AvgIpc) is 2.88. The molecule has 0 amide bonds. The fraction of sp³-hybridized carbons (Fsp3) is 0.0833. The highest BCUT2D eigenvalue weighted by molar-refractivity contribution is 7.09. The van der Waals surface area contributed by atoms with Crippen molar-refractivity contribution in [2.75, 3.05) is 0 Å². The highest BCUT2D eigenvalue weighted by atomic mass is 35.5. The number of hydrogen-bond donors (Lipinski definition) is 2. The van der Waals surface area contributed by atoms with Gasteiger partial charge in [0.15, 0.2) is 5.84 Å². The maximum absolute atomic E-state index is 8.71. The van der Waals surface area contributed by atoms with Crippen LogP contribution in [0.4, 0.5) is 0 Å². The molecule has 3 N–H and O–H groups in total. The van der Waals surface area contributed by atoms with Crippen LogP contribution in [-0.4, -0.2) is 11.0 Å². The zero-order chi connectivity index (χ0) is 13.0. The summed E-state index contributed by atoms with van der Waals surface area (Å²) in [5.74, 6) is 0.485. The first-order valence-electron chi connectivity index (χ1n) is 5.13. The van der Waals surface area contributed by atoms with Crippen molar-refractivity contribution < 1.29 is 9.94 Å². The molecule has 4 nitrogen and oxygen atoms in total. The molecule has 0 radical (unpaired) electrons. The number of rotatable bonds is 4. The molecule has 0 saturated heterocycles. The lowest BCUT2D eigenvalue weighted by atomic mass is 10.2. The Hall–Kier alpha value is -1.72. The van der Waals surface area contributed by atoms with Crippen molar-refractivity contribution in [2.24, 2.45) is 10.9 Å². The molecule has 94 valence electrons. The molecule has 1 aromatic heterocycles. The van der Waals surface area contributed by atoms with E-state index < -0.39 is 0 Å². The van der Waals surface area contributed by atoms with Gasteiger partial charge < -0.3 is 15.7 Å². The highest BCUT2D eigenvalue weighted by Crippen LogP contribution is 2.24. The van der Waals surface area contributed by atoms with Crippen molar-refractivity contribution in [1.29, 1.82) is 0 Å². The summed E-state index contributed by atoms with van der Waals surface area (Å²) in [6, 6.07) is 8.88. The third kappa shape index (κ3) is 2.94. The van der Waals surface area contributed by atoms with E-state index in [0.29, 0.717) is 22.9 Å². The topological polar surface area (TPSA) is 67.8 Å². The molecule has 0 atom stereocenters. The maximum atomic E-state index is 8.71. The van der Waals surface area contributed by atoms with Gasteiger partial charge in [-0.15, -0.1) is 11.3 Å². The molecule has 0 saturated carbocycles. The van der Waals surface area contributed by atoms with Crippen molar-refractivity contribution in [3.05, 3.63) is 51.2 Å². The second kappa shape index (κ2) is 5.75. The van der Waals surface area contributed by atoms with E-state index in [1.165, 1.54) is 0 Å². The van der Waals surface area contributed by atoms with Gasteiger partial charge in [0.2, 0.25) is 0 Å². The molecule has 0 aliphatic rings. The molecule has 2 rings (SSSR count). The second-order valence-electron chi connectivity index (χ2n) is 3.49. The van der Waals surface area contributed by atoms with E-state index in [-0.39, 0.29) is 5.84 Å². The predicted octanol–water partition coefficient (Wildman–Crippen LogP) is 3.08. The lowest BCUT2D eigenvalue weighted by Crippen LogP contribution is -2.14. The zero-order valence-corrected chi connectivity index (χ0v) is 10.9. The van der Waals surface area contributed by atoms with Crippen molar-refractivity contribution in [3.8, 4) is 5.75 Å². The first kappa shape index (κ1) is 12.7. The van der Waals surface area contributed by atoms with Crippen molar-refractivity contribution >= 4 is 28.8 Å². The number of thiophene rings is 1. The summed E-state index contributed by atoms with van der Waals surface area (Å²) in [6.07, 6.45) is 0. The van der Waals surface area contributed by atoms with Crippen molar-refractivity contribution in [2.45, 2.75) is 6.61 Å². The van der Waals surface area contributed by atoms with E-state index in [2.05, 4.69) is 5.16 Å². The van der Waals surface area contributed by atoms with Gasteiger partial charge in [-0.1, -0.05) is 22.8 Å². The molecule has 6 heteroatoms. The molecule has 0 fully saturated rings. The average molecular weight is 283 g/mol. The van der Waals surface area contributed by atoms with Crippen LogP contribution in [0.2, 0.25) is 5.02 Å². The van der Waals surface area contributed by atoms with Gasteiger partial charge in [-0.3, -0.25) is 0 Å². The summed E-state index contributed by atoms with van der Waals surface area (Å²) >= 11 is 7.50. The molecular formula is C12H11ClN2O2S. The van der Waals surface area contributed by atoms with E-state index in [1.54, 1.807) is 29.5 Å². The summed E-state index contributed by atoms with van der Waals surface area (Å²) in [5.41, 5.74) is 6.09. The summed E-state index contributed by atoms with van der Waals surface area (Å²) in [4.78, 5) is 1.08. The van der Waals surface area contributed by atoms with Crippen LogP contribution in [0.3, 0.4) is 0 Å². The predicted molar refractivity (Wildman–Crippen MR) is 72.6 cm³/mol. The van der Waals surface area contributed by atoms with Crippen LogP contribution in [-0.2, 0) is 6.61 Å². The largest absolute Gasteiger partial charge is 0.487 e. The Morgan fingerprint density at radius 2 is 2.28 bits per heavy atom. The van der Waals surface area contributed by atoms with Gasteiger partial charge in [-0.2, -0.15) is 0 Å². The fourth-order valence-electron chi connectivity index (χ4n) is 1.42. The van der Waals surface area contributed by atoms with E-state index in [0.717, 1.165) is 4.88 Å². The van der Waals surface area contributed by atoms with Crippen LogP contribution in [0.15, 0.2) is 40.9 Å². The molecule has 0 bridgehead atoms. The minimum absolute atomic E-state index is 0.00662. The SMILES string of the molecule is NC(=NO)c1ccc(Cl)cc1OCc1cccs1. The summed E-state index contributed by atoms with van der Waals surface area (Å²) < 4.78 is 5.64. The molecular weight excluding hydrogens is 272 g/mol. The molecule has 18 heavy (non-hydrogen) atoms. The van der Waals surface area contributed by atoms with Gasteiger partial charge in [-0.25, -0.2) is 0 Å². The van der Waals surface area contributed by atoms with E-state index in [1.807, 2.05) is 17.5 Å². The lowest BCUT2D eigenvalue weighted by Gasteiger charge is -2.10. The number of ether oxygens (including phenoxy) is 1. The van der Waals surface area contributed by atoms with Gasteiger partial charge >= 0.3 is 0 Å². The van der Waals surface area contributed by atoms with Crippen LogP contribution in [0.5, 0.6) is 5.75 Å². The standard InChI is InChI=1S/C12H11ClN2O2S/c13-8-3-4-10(12(14)15-16)11(6-8)17-7-9-2-1-5-18-9/h1-6,16H,7H2,(H2,14,15). The first-order valence-corrected chi connectivity index (χ1v) is 6.39. The normalized spacial score (nSPS) is 11.5.